The van der Waals surface area contributed by atoms with Gasteiger partial charge in [-0.2, -0.15) is 0 Å². The standard InChI is InChI=1S/C26H27N5O2S/c1-19-12-14-20(15-13-19)27-18-24-29-30-26(31(24)21-8-4-3-5-9-21)34-17-16-25(32)28-22-10-6-7-11-23(22)33-2/h3-15,27H,16-18H2,1-2H3,(H,28,32). The van der Waals surface area contributed by atoms with E-state index in [-0.39, 0.29) is 5.91 Å². The topological polar surface area (TPSA) is 81.1 Å². The van der Waals surface area contributed by atoms with Gasteiger partial charge in [-0.1, -0.05) is 59.8 Å². The van der Waals surface area contributed by atoms with E-state index >= 15 is 0 Å². The number of anilines is 2. The van der Waals surface area contributed by atoms with Crippen molar-refractivity contribution in [3.05, 3.63) is 90.3 Å². The minimum Gasteiger partial charge on any atom is -0.495 e. The van der Waals surface area contributed by atoms with E-state index < -0.39 is 0 Å². The number of methoxy groups -OCH3 is 1. The van der Waals surface area contributed by atoms with Crippen molar-refractivity contribution in [1.82, 2.24) is 14.8 Å². The number of ether oxygens (including phenoxy) is 1. The second kappa shape index (κ2) is 11.4. The van der Waals surface area contributed by atoms with Crippen molar-refractivity contribution in [2.75, 3.05) is 23.5 Å². The van der Waals surface area contributed by atoms with Gasteiger partial charge in [-0.05, 0) is 43.3 Å². The highest BCUT2D eigenvalue weighted by molar-refractivity contribution is 7.99. The van der Waals surface area contributed by atoms with Crippen molar-refractivity contribution in [2.24, 2.45) is 0 Å². The molecule has 0 aliphatic heterocycles. The van der Waals surface area contributed by atoms with Crippen molar-refractivity contribution in [3.63, 3.8) is 0 Å². The molecule has 0 unspecified atom stereocenters. The summed E-state index contributed by atoms with van der Waals surface area (Å²) in [6, 6.07) is 25.6. The molecule has 0 aliphatic rings. The molecule has 2 N–H and O–H groups in total. The molecule has 1 aromatic heterocycles. The maximum atomic E-state index is 12.5. The first kappa shape index (κ1) is 23.4. The molecule has 34 heavy (non-hydrogen) atoms. The van der Waals surface area contributed by atoms with Crippen molar-refractivity contribution < 1.29 is 9.53 Å². The number of hydrogen-bond donors (Lipinski definition) is 2. The van der Waals surface area contributed by atoms with Gasteiger partial charge in [0.25, 0.3) is 0 Å². The van der Waals surface area contributed by atoms with Gasteiger partial charge in [0.2, 0.25) is 5.91 Å². The van der Waals surface area contributed by atoms with Crippen LogP contribution in [0.4, 0.5) is 11.4 Å². The number of aryl methyl sites for hydroxylation is 1. The number of para-hydroxylation sites is 3. The molecule has 8 heteroatoms. The zero-order valence-electron chi connectivity index (χ0n) is 19.2. The van der Waals surface area contributed by atoms with Crippen molar-refractivity contribution in [1.29, 1.82) is 0 Å². The van der Waals surface area contributed by atoms with Crippen molar-refractivity contribution >= 4 is 29.0 Å². The minimum absolute atomic E-state index is 0.0796. The van der Waals surface area contributed by atoms with Crippen LogP contribution in [0.3, 0.4) is 0 Å². The van der Waals surface area contributed by atoms with Gasteiger partial charge in [-0.25, -0.2) is 0 Å². The SMILES string of the molecule is COc1ccccc1NC(=O)CCSc1nnc(CNc2ccc(C)cc2)n1-c1ccccc1. The van der Waals surface area contributed by atoms with Gasteiger partial charge in [0, 0.05) is 23.5 Å². The number of benzene rings is 3. The molecule has 1 amide bonds. The Morgan fingerprint density at radius 2 is 1.71 bits per heavy atom. The van der Waals surface area contributed by atoms with Crippen molar-refractivity contribution in [3.8, 4) is 11.4 Å². The van der Waals surface area contributed by atoms with Crippen LogP contribution < -0.4 is 15.4 Å². The first-order chi connectivity index (χ1) is 16.6. The molecule has 0 saturated carbocycles. The first-order valence-corrected chi connectivity index (χ1v) is 12.0. The Bertz CT molecular complexity index is 1230. The molecular formula is C26H27N5O2S. The molecule has 3 aromatic carbocycles. The molecular weight excluding hydrogens is 446 g/mol. The highest BCUT2D eigenvalue weighted by Gasteiger charge is 2.15. The lowest BCUT2D eigenvalue weighted by molar-refractivity contribution is -0.115. The van der Waals surface area contributed by atoms with E-state index in [1.165, 1.54) is 17.3 Å². The maximum Gasteiger partial charge on any atom is 0.225 e. The zero-order valence-corrected chi connectivity index (χ0v) is 20.0. The third-order valence-electron chi connectivity index (χ3n) is 5.16. The van der Waals surface area contributed by atoms with E-state index in [4.69, 9.17) is 4.74 Å². The van der Waals surface area contributed by atoms with Gasteiger partial charge in [0.1, 0.15) is 5.75 Å². The second-order valence-electron chi connectivity index (χ2n) is 7.64. The van der Waals surface area contributed by atoms with Gasteiger partial charge < -0.3 is 15.4 Å². The van der Waals surface area contributed by atoms with Crippen LogP contribution in [0.2, 0.25) is 0 Å². The monoisotopic (exact) mass is 473 g/mol. The van der Waals surface area contributed by atoms with Crippen LogP contribution in [0, 0.1) is 6.92 Å². The van der Waals surface area contributed by atoms with E-state index in [0.29, 0.717) is 30.2 Å². The zero-order chi connectivity index (χ0) is 23.8. The highest BCUT2D eigenvalue weighted by atomic mass is 32.2. The third kappa shape index (κ3) is 5.96. The number of carbonyl (C=O) groups excluding carboxylic acids is 1. The summed E-state index contributed by atoms with van der Waals surface area (Å²) in [5, 5.41) is 15.9. The maximum absolute atomic E-state index is 12.5. The van der Waals surface area contributed by atoms with E-state index in [2.05, 4.69) is 52.0 Å². The lowest BCUT2D eigenvalue weighted by atomic mass is 10.2. The Kier molecular flexibility index (Phi) is 7.83. The number of aromatic nitrogens is 3. The lowest BCUT2D eigenvalue weighted by Gasteiger charge is -2.12. The summed E-state index contributed by atoms with van der Waals surface area (Å²) in [7, 11) is 1.59. The number of rotatable bonds is 10. The average molecular weight is 474 g/mol. The third-order valence-corrected chi connectivity index (χ3v) is 6.09. The van der Waals surface area contributed by atoms with Crippen LogP contribution >= 0.6 is 11.8 Å². The second-order valence-corrected chi connectivity index (χ2v) is 8.70. The van der Waals surface area contributed by atoms with Crippen molar-refractivity contribution in [2.45, 2.75) is 25.0 Å². The normalized spacial score (nSPS) is 10.6. The van der Waals surface area contributed by atoms with Crippen LogP contribution in [0.25, 0.3) is 5.69 Å². The number of carbonyl (C=O) groups is 1. The molecule has 0 fully saturated rings. The van der Waals surface area contributed by atoms with Crippen LogP contribution in [0.1, 0.15) is 17.8 Å². The van der Waals surface area contributed by atoms with E-state index in [1.54, 1.807) is 7.11 Å². The van der Waals surface area contributed by atoms with Crippen LogP contribution in [0.5, 0.6) is 5.75 Å². The minimum atomic E-state index is -0.0796. The van der Waals surface area contributed by atoms with Crippen LogP contribution in [0.15, 0.2) is 84.0 Å². The molecule has 174 valence electrons. The molecule has 4 rings (SSSR count). The van der Waals surface area contributed by atoms with Gasteiger partial charge in [0.05, 0.1) is 19.3 Å². The largest absolute Gasteiger partial charge is 0.495 e. The van der Waals surface area contributed by atoms with E-state index in [1.807, 2.05) is 59.2 Å². The lowest BCUT2D eigenvalue weighted by Crippen LogP contribution is -2.13. The summed E-state index contributed by atoms with van der Waals surface area (Å²) >= 11 is 1.50. The predicted octanol–water partition coefficient (Wildman–Crippen LogP) is 5.32. The molecule has 1 heterocycles. The average Bonchev–Trinajstić information content (AvgIpc) is 3.27. The molecule has 0 bridgehead atoms. The molecule has 0 radical (unpaired) electrons. The fourth-order valence-corrected chi connectivity index (χ4v) is 4.30. The molecule has 0 aliphatic carbocycles. The quantitative estimate of drug-likeness (QED) is 0.304. The Balaban J connectivity index is 1.42. The highest BCUT2D eigenvalue weighted by Crippen LogP contribution is 2.25. The summed E-state index contributed by atoms with van der Waals surface area (Å²) < 4.78 is 7.33. The fraction of sp³-hybridized carbons (Fsp3) is 0.192. The first-order valence-electron chi connectivity index (χ1n) is 11.0. The number of thioether (sulfide) groups is 1. The van der Waals surface area contributed by atoms with Crippen LogP contribution in [-0.2, 0) is 11.3 Å². The molecule has 0 saturated heterocycles. The Hall–Kier alpha value is -3.78. The summed E-state index contributed by atoms with van der Waals surface area (Å²) in [5.74, 6) is 1.92. The van der Waals surface area contributed by atoms with Gasteiger partial charge in [-0.3, -0.25) is 9.36 Å². The number of nitrogens with zero attached hydrogens (tertiary/aromatic N) is 3. The number of nitrogens with one attached hydrogen (secondary N) is 2. The summed E-state index contributed by atoms with van der Waals surface area (Å²) in [4.78, 5) is 12.5. The van der Waals surface area contributed by atoms with E-state index in [0.717, 1.165) is 22.4 Å². The Labute approximate surface area is 203 Å². The fourth-order valence-electron chi connectivity index (χ4n) is 3.39. The predicted molar refractivity (Wildman–Crippen MR) is 137 cm³/mol. The molecule has 4 aromatic rings. The van der Waals surface area contributed by atoms with Gasteiger partial charge in [-0.15, -0.1) is 10.2 Å². The summed E-state index contributed by atoms with van der Waals surface area (Å²) in [5.41, 5.74) is 3.88. The molecule has 7 nitrogen and oxygen atoms in total. The van der Waals surface area contributed by atoms with Gasteiger partial charge >= 0.3 is 0 Å². The number of hydrogen-bond acceptors (Lipinski definition) is 6. The summed E-state index contributed by atoms with van der Waals surface area (Å²) in [6.07, 6.45) is 0.335. The van der Waals surface area contributed by atoms with Crippen LogP contribution in [-0.4, -0.2) is 33.5 Å². The molecule has 0 spiro atoms. The van der Waals surface area contributed by atoms with Gasteiger partial charge in [0.15, 0.2) is 11.0 Å². The molecule has 0 atom stereocenters. The summed E-state index contributed by atoms with van der Waals surface area (Å²) in [6.45, 7) is 2.59. The smallest absolute Gasteiger partial charge is 0.225 e. The Morgan fingerprint density at radius 1 is 0.971 bits per heavy atom. The number of amides is 1. The Morgan fingerprint density at radius 3 is 2.47 bits per heavy atom. The van der Waals surface area contributed by atoms with E-state index in [9.17, 15) is 4.79 Å².